The number of hydrogen-bond donors (Lipinski definition) is 1. The van der Waals surface area contributed by atoms with E-state index in [1.54, 1.807) is 13.1 Å². The largest absolute Gasteiger partial charge is 0.323 e. The second kappa shape index (κ2) is 7.80. The third-order valence-electron chi connectivity index (χ3n) is 4.66. The first-order valence-corrected chi connectivity index (χ1v) is 10.4. The molecule has 2 amide bonds. The van der Waals surface area contributed by atoms with E-state index in [9.17, 15) is 22.0 Å². The molecule has 1 aromatic heterocycles. The molecule has 1 atom stereocenters. The predicted octanol–water partition coefficient (Wildman–Crippen LogP) is 2.52. The van der Waals surface area contributed by atoms with Crippen LogP contribution in [0.4, 0.5) is 19.4 Å². The number of rotatable bonds is 4. The van der Waals surface area contributed by atoms with Crippen LogP contribution in [-0.2, 0) is 10.0 Å². The molecule has 1 unspecified atom stereocenters. The van der Waals surface area contributed by atoms with Crippen molar-refractivity contribution in [1.29, 1.82) is 0 Å². The maximum absolute atomic E-state index is 13.3. The van der Waals surface area contributed by atoms with Gasteiger partial charge < -0.3 is 4.90 Å². The number of carbonyl (C=O) groups is 1. The molecule has 0 radical (unpaired) electrons. The van der Waals surface area contributed by atoms with Crippen molar-refractivity contribution in [3.63, 3.8) is 0 Å². The molecule has 150 valence electrons. The number of urea groups is 1. The summed E-state index contributed by atoms with van der Waals surface area (Å²) in [6.07, 6.45) is 3.10. The Bertz CT molecular complexity index is 963. The monoisotopic (exact) mass is 410 g/mol. The molecule has 0 spiro atoms. The van der Waals surface area contributed by atoms with Crippen molar-refractivity contribution in [1.82, 2.24) is 14.2 Å². The molecule has 2 heterocycles. The lowest BCUT2D eigenvalue weighted by atomic mass is 10.1. The van der Waals surface area contributed by atoms with Crippen molar-refractivity contribution >= 4 is 21.9 Å². The van der Waals surface area contributed by atoms with Crippen molar-refractivity contribution in [2.45, 2.75) is 12.5 Å². The molecule has 1 aromatic carbocycles. The molecule has 0 bridgehead atoms. The first-order chi connectivity index (χ1) is 13.1. The fourth-order valence-corrected chi connectivity index (χ4v) is 3.93. The van der Waals surface area contributed by atoms with Crippen molar-refractivity contribution < 1.29 is 22.0 Å². The van der Waals surface area contributed by atoms with Crippen molar-refractivity contribution in [3.05, 3.63) is 48.2 Å². The summed E-state index contributed by atoms with van der Waals surface area (Å²) in [5, 5.41) is 2.63. The molecule has 1 aliphatic rings. The Labute approximate surface area is 162 Å². The summed E-state index contributed by atoms with van der Waals surface area (Å²) in [6.45, 7) is 0.624. The number of carbonyl (C=O) groups excluding carboxylic acids is 1. The number of hydrogen-bond acceptors (Lipinski definition) is 4. The second-order valence-corrected chi connectivity index (χ2v) is 8.68. The molecule has 1 fully saturated rings. The van der Waals surface area contributed by atoms with Gasteiger partial charge in [-0.25, -0.2) is 31.3 Å². The van der Waals surface area contributed by atoms with Crippen LogP contribution in [0.5, 0.6) is 0 Å². The zero-order valence-corrected chi connectivity index (χ0v) is 16.2. The second-order valence-electron chi connectivity index (χ2n) is 6.69. The highest BCUT2D eigenvalue weighted by molar-refractivity contribution is 7.88. The Balaban J connectivity index is 1.64. The molecule has 7 nitrogen and oxygen atoms in total. The Kier molecular flexibility index (Phi) is 5.61. The molecule has 28 heavy (non-hydrogen) atoms. The summed E-state index contributed by atoms with van der Waals surface area (Å²) in [4.78, 5) is 18.0. The molecular formula is C18H20F2N4O3S. The maximum atomic E-state index is 13.3. The molecule has 1 saturated heterocycles. The minimum absolute atomic E-state index is 0.232. The van der Waals surface area contributed by atoms with Gasteiger partial charge >= 0.3 is 6.03 Å². The van der Waals surface area contributed by atoms with Crippen LogP contribution < -0.4 is 5.32 Å². The van der Waals surface area contributed by atoms with E-state index < -0.39 is 27.7 Å². The fraction of sp³-hybridized carbons (Fsp3) is 0.333. The van der Waals surface area contributed by atoms with Gasteiger partial charge in [0.25, 0.3) is 0 Å². The fourth-order valence-electron chi connectivity index (χ4n) is 3.05. The highest BCUT2D eigenvalue weighted by atomic mass is 32.2. The number of nitrogens with one attached hydrogen (secondary N) is 1. The van der Waals surface area contributed by atoms with Crippen LogP contribution in [0.2, 0.25) is 0 Å². The van der Waals surface area contributed by atoms with Gasteiger partial charge in [-0.1, -0.05) is 0 Å². The highest BCUT2D eigenvalue weighted by Gasteiger charge is 2.32. The number of anilines is 1. The molecule has 10 heteroatoms. The number of benzene rings is 1. The molecular weight excluding hydrogens is 390 g/mol. The third-order valence-corrected chi connectivity index (χ3v) is 5.93. The minimum Gasteiger partial charge on any atom is -0.323 e. The topological polar surface area (TPSA) is 82.6 Å². The number of nitrogens with zero attached hydrogens (tertiary/aromatic N) is 3. The Hall–Kier alpha value is -2.59. The lowest BCUT2D eigenvalue weighted by Gasteiger charge is -2.24. The molecule has 1 N–H and O–H groups in total. The third kappa shape index (κ3) is 4.63. The summed E-state index contributed by atoms with van der Waals surface area (Å²) in [5.41, 5.74) is 0.844. The smallest absolute Gasteiger partial charge is 0.323 e. The average Bonchev–Trinajstić information content (AvgIpc) is 3.11. The maximum Gasteiger partial charge on any atom is 0.323 e. The normalized spacial score (nSPS) is 17.5. The van der Waals surface area contributed by atoms with Gasteiger partial charge in [-0.3, -0.25) is 5.32 Å². The SMILES string of the molecule is CN(C(=O)Nc1ccc(-c2cc(F)cc(F)c2)cn1)C1CCN(S(C)(=O)=O)C1. The standard InChI is InChI=1S/C18H20F2N4O3S/c1-23(16-5-6-24(11-16)28(2,26)27)18(25)22-17-4-3-12(10-21-17)13-7-14(19)9-15(20)8-13/h3-4,7-10,16H,5-6,11H2,1-2H3,(H,21,22,25). The van der Waals surface area contributed by atoms with E-state index in [0.29, 0.717) is 24.1 Å². The van der Waals surface area contributed by atoms with Crippen LogP contribution in [-0.4, -0.2) is 61.1 Å². The van der Waals surface area contributed by atoms with Crippen molar-refractivity contribution in [3.8, 4) is 11.1 Å². The first-order valence-electron chi connectivity index (χ1n) is 8.55. The van der Waals surface area contributed by atoms with Gasteiger partial charge in [-0.2, -0.15) is 0 Å². The lowest BCUT2D eigenvalue weighted by molar-refractivity contribution is 0.206. The van der Waals surface area contributed by atoms with Gasteiger partial charge in [0.1, 0.15) is 17.5 Å². The number of amides is 2. The Morgan fingerprint density at radius 3 is 2.43 bits per heavy atom. The van der Waals surface area contributed by atoms with Crippen LogP contribution in [0.1, 0.15) is 6.42 Å². The number of halogens is 2. The zero-order chi connectivity index (χ0) is 20.5. The number of likely N-dealkylation sites (N-methyl/N-ethyl adjacent to an activating group) is 1. The van der Waals surface area contributed by atoms with E-state index in [2.05, 4.69) is 10.3 Å². The molecule has 0 saturated carbocycles. The van der Waals surface area contributed by atoms with E-state index in [1.807, 2.05) is 0 Å². The average molecular weight is 410 g/mol. The minimum atomic E-state index is -3.28. The van der Waals surface area contributed by atoms with E-state index in [0.717, 1.165) is 12.3 Å². The van der Waals surface area contributed by atoms with Crippen molar-refractivity contribution in [2.24, 2.45) is 0 Å². The lowest BCUT2D eigenvalue weighted by Crippen LogP contribution is -2.42. The molecule has 2 aromatic rings. The van der Waals surface area contributed by atoms with Crippen molar-refractivity contribution in [2.75, 3.05) is 31.7 Å². The van der Waals surface area contributed by atoms with Gasteiger partial charge in [0, 0.05) is 44.0 Å². The van der Waals surface area contributed by atoms with E-state index >= 15 is 0 Å². The first kappa shape index (κ1) is 20.2. The quantitative estimate of drug-likeness (QED) is 0.840. The Morgan fingerprint density at radius 2 is 1.89 bits per heavy atom. The van der Waals surface area contributed by atoms with Gasteiger partial charge in [-0.05, 0) is 36.2 Å². The van der Waals surface area contributed by atoms with Crippen LogP contribution in [0.15, 0.2) is 36.5 Å². The number of sulfonamides is 1. The van der Waals surface area contributed by atoms with E-state index in [1.165, 1.54) is 33.6 Å². The van der Waals surface area contributed by atoms with Crippen LogP contribution in [0, 0.1) is 11.6 Å². The highest BCUT2D eigenvalue weighted by Crippen LogP contribution is 2.22. The van der Waals surface area contributed by atoms with Gasteiger partial charge in [-0.15, -0.1) is 0 Å². The summed E-state index contributed by atoms with van der Waals surface area (Å²) in [6, 6.07) is 5.65. The van der Waals surface area contributed by atoms with Gasteiger partial charge in [0.05, 0.1) is 6.26 Å². The van der Waals surface area contributed by atoms with Gasteiger partial charge in [0.2, 0.25) is 10.0 Å². The van der Waals surface area contributed by atoms with Crippen LogP contribution in [0.25, 0.3) is 11.1 Å². The van der Waals surface area contributed by atoms with E-state index in [4.69, 9.17) is 0 Å². The summed E-state index contributed by atoms with van der Waals surface area (Å²) >= 11 is 0. The number of aromatic nitrogens is 1. The van der Waals surface area contributed by atoms with Gasteiger partial charge in [0.15, 0.2) is 0 Å². The zero-order valence-electron chi connectivity index (χ0n) is 15.4. The van der Waals surface area contributed by atoms with Crippen LogP contribution >= 0.6 is 0 Å². The summed E-state index contributed by atoms with van der Waals surface area (Å²) < 4.78 is 51.2. The predicted molar refractivity (Wildman–Crippen MR) is 101 cm³/mol. The molecule has 0 aliphatic carbocycles. The number of pyridine rings is 1. The molecule has 1 aliphatic heterocycles. The van der Waals surface area contributed by atoms with Crippen LogP contribution in [0.3, 0.4) is 0 Å². The summed E-state index contributed by atoms with van der Waals surface area (Å²) in [5.74, 6) is -1.10. The van der Waals surface area contributed by atoms with E-state index in [-0.39, 0.29) is 18.4 Å². The summed E-state index contributed by atoms with van der Waals surface area (Å²) in [7, 11) is -1.69. The Morgan fingerprint density at radius 1 is 1.21 bits per heavy atom. The molecule has 3 rings (SSSR count).